The molecule has 0 atom stereocenters. The smallest absolute Gasteiger partial charge is 0.221 e. The zero-order chi connectivity index (χ0) is 10.8. The second-order valence-corrected chi connectivity index (χ2v) is 3.38. The van der Waals surface area contributed by atoms with Crippen LogP contribution in [-0.4, -0.2) is 19.9 Å². The molecule has 2 rings (SSSR count). The van der Waals surface area contributed by atoms with E-state index in [1.807, 2.05) is 19.2 Å². The van der Waals surface area contributed by atoms with Crippen LogP contribution in [0.25, 0.3) is 0 Å². The maximum Gasteiger partial charge on any atom is 0.221 e. The lowest BCUT2D eigenvalue weighted by Crippen LogP contribution is -2.02. The minimum Gasteiger partial charge on any atom is -0.508 e. The molecule has 1 aromatic heterocycles. The molecule has 3 N–H and O–H groups in total. The van der Waals surface area contributed by atoms with Crippen LogP contribution in [0.1, 0.15) is 11.4 Å². The van der Waals surface area contributed by atoms with Crippen LogP contribution < -0.4 is 5.73 Å². The van der Waals surface area contributed by atoms with Crippen LogP contribution in [0.2, 0.25) is 0 Å². The van der Waals surface area contributed by atoms with E-state index in [1.165, 1.54) is 0 Å². The first kappa shape index (κ1) is 9.51. The largest absolute Gasteiger partial charge is 0.508 e. The highest BCUT2D eigenvalue weighted by molar-refractivity contribution is 5.28. The number of benzene rings is 1. The molecule has 5 heteroatoms. The summed E-state index contributed by atoms with van der Waals surface area (Å²) >= 11 is 0. The van der Waals surface area contributed by atoms with Gasteiger partial charge in [-0.15, -0.1) is 10.2 Å². The van der Waals surface area contributed by atoms with Crippen molar-refractivity contribution in [3.8, 4) is 5.75 Å². The molecule has 0 spiro atoms. The van der Waals surface area contributed by atoms with Crippen molar-refractivity contribution in [1.29, 1.82) is 0 Å². The quantitative estimate of drug-likeness (QED) is 0.754. The molecule has 0 aliphatic rings. The van der Waals surface area contributed by atoms with Gasteiger partial charge in [0.15, 0.2) is 0 Å². The van der Waals surface area contributed by atoms with Crippen LogP contribution >= 0.6 is 0 Å². The van der Waals surface area contributed by atoms with Crippen LogP contribution in [0, 0.1) is 0 Å². The Labute approximate surface area is 87.2 Å². The van der Waals surface area contributed by atoms with Gasteiger partial charge >= 0.3 is 0 Å². The minimum atomic E-state index is 0.260. The van der Waals surface area contributed by atoms with E-state index in [1.54, 1.807) is 16.7 Å². The number of hydrogen-bond acceptors (Lipinski definition) is 4. The van der Waals surface area contributed by atoms with Crippen LogP contribution in [0.3, 0.4) is 0 Å². The molecule has 0 radical (unpaired) electrons. The molecule has 0 amide bonds. The van der Waals surface area contributed by atoms with Crippen molar-refractivity contribution in [1.82, 2.24) is 14.8 Å². The SMILES string of the molecule is Cn1c(N)nnc1Cc1ccc(O)cc1. The molecular weight excluding hydrogens is 192 g/mol. The third-order valence-electron chi connectivity index (χ3n) is 2.30. The summed E-state index contributed by atoms with van der Waals surface area (Å²) in [6.45, 7) is 0. The number of nitrogens with zero attached hydrogens (tertiary/aromatic N) is 3. The monoisotopic (exact) mass is 204 g/mol. The summed E-state index contributed by atoms with van der Waals surface area (Å²) in [6.07, 6.45) is 0.654. The summed E-state index contributed by atoms with van der Waals surface area (Å²) < 4.78 is 1.74. The molecule has 5 nitrogen and oxygen atoms in total. The van der Waals surface area contributed by atoms with Gasteiger partial charge in [0.05, 0.1) is 0 Å². The lowest BCUT2D eigenvalue weighted by molar-refractivity contribution is 0.475. The number of nitrogens with two attached hydrogens (primary N) is 1. The molecule has 0 unspecified atom stereocenters. The lowest BCUT2D eigenvalue weighted by Gasteiger charge is -2.01. The molecule has 0 bridgehead atoms. The summed E-state index contributed by atoms with van der Waals surface area (Å²) in [4.78, 5) is 0. The van der Waals surface area contributed by atoms with Crippen molar-refractivity contribution in [2.75, 3.05) is 5.73 Å². The van der Waals surface area contributed by atoms with Gasteiger partial charge in [-0.3, -0.25) is 0 Å². The van der Waals surface area contributed by atoms with E-state index < -0.39 is 0 Å². The number of anilines is 1. The third-order valence-corrected chi connectivity index (χ3v) is 2.30. The fraction of sp³-hybridized carbons (Fsp3) is 0.200. The highest BCUT2D eigenvalue weighted by Crippen LogP contribution is 2.13. The molecule has 78 valence electrons. The van der Waals surface area contributed by atoms with Crippen LogP contribution in [0.4, 0.5) is 5.95 Å². The van der Waals surface area contributed by atoms with Crippen molar-refractivity contribution >= 4 is 5.95 Å². The van der Waals surface area contributed by atoms with Crippen molar-refractivity contribution in [3.63, 3.8) is 0 Å². The maximum absolute atomic E-state index is 9.13. The van der Waals surface area contributed by atoms with E-state index in [-0.39, 0.29) is 5.75 Å². The Kier molecular flexibility index (Phi) is 2.29. The van der Waals surface area contributed by atoms with E-state index in [2.05, 4.69) is 10.2 Å². The van der Waals surface area contributed by atoms with E-state index >= 15 is 0 Å². The number of aromatic hydroxyl groups is 1. The molecule has 0 saturated heterocycles. The second-order valence-electron chi connectivity index (χ2n) is 3.38. The number of phenolic OH excluding ortho intramolecular Hbond substituents is 1. The Morgan fingerprint density at radius 2 is 1.93 bits per heavy atom. The number of rotatable bonds is 2. The van der Waals surface area contributed by atoms with Gasteiger partial charge in [-0.05, 0) is 17.7 Å². The maximum atomic E-state index is 9.13. The van der Waals surface area contributed by atoms with Crippen molar-refractivity contribution in [2.24, 2.45) is 7.05 Å². The summed E-state index contributed by atoms with van der Waals surface area (Å²) in [6, 6.07) is 6.99. The van der Waals surface area contributed by atoms with E-state index in [0.29, 0.717) is 12.4 Å². The molecule has 0 fully saturated rings. The predicted octanol–water partition coefficient (Wildman–Crippen LogP) is 0.694. The predicted molar refractivity (Wildman–Crippen MR) is 56.3 cm³/mol. The van der Waals surface area contributed by atoms with Gasteiger partial charge in [0.25, 0.3) is 0 Å². The Hall–Kier alpha value is -2.04. The first-order chi connectivity index (χ1) is 7.16. The summed E-state index contributed by atoms with van der Waals surface area (Å²) in [7, 11) is 1.82. The average molecular weight is 204 g/mol. The van der Waals surface area contributed by atoms with Crippen molar-refractivity contribution in [3.05, 3.63) is 35.7 Å². The molecule has 0 saturated carbocycles. The third kappa shape index (κ3) is 1.90. The van der Waals surface area contributed by atoms with Gasteiger partial charge in [0.2, 0.25) is 5.95 Å². The molecule has 0 aliphatic heterocycles. The van der Waals surface area contributed by atoms with E-state index in [9.17, 15) is 0 Å². The second kappa shape index (κ2) is 3.61. The Bertz CT molecular complexity index is 461. The number of phenols is 1. The van der Waals surface area contributed by atoms with Gasteiger partial charge < -0.3 is 15.4 Å². The fourth-order valence-corrected chi connectivity index (χ4v) is 1.33. The number of aromatic nitrogens is 3. The Morgan fingerprint density at radius 1 is 1.27 bits per heavy atom. The Balaban J connectivity index is 2.22. The zero-order valence-corrected chi connectivity index (χ0v) is 8.38. The minimum absolute atomic E-state index is 0.260. The van der Waals surface area contributed by atoms with Crippen LogP contribution in [-0.2, 0) is 13.5 Å². The summed E-state index contributed by atoms with van der Waals surface area (Å²) in [5.74, 6) is 1.47. The molecule has 2 aromatic rings. The van der Waals surface area contributed by atoms with Crippen LogP contribution in [0.5, 0.6) is 5.75 Å². The van der Waals surface area contributed by atoms with Gasteiger partial charge in [-0.25, -0.2) is 0 Å². The highest BCUT2D eigenvalue weighted by Gasteiger charge is 2.05. The van der Waals surface area contributed by atoms with Gasteiger partial charge in [-0.1, -0.05) is 12.1 Å². The molecule has 15 heavy (non-hydrogen) atoms. The summed E-state index contributed by atoms with van der Waals surface area (Å²) in [5.41, 5.74) is 6.63. The topological polar surface area (TPSA) is 77.0 Å². The zero-order valence-electron chi connectivity index (χ0n) is 8.38. The summed E-state index contributed by atoms with van der Waals surface area (Å²) in [5, 5.41) is 16.9. The van der Waals surface area contributed by atoms with Crippen molar-refractivity contribution in [2.45, 2.75) is 6.42 Å². The number of hydrogen-bond donors (Lipinski definition) is 2. The van der Waals surface area contributed by atoms with Gasteiger partial charge in [0, 0.05) is 13.5 Å². The first-order valence-electron chi connectivity index (χ1n) is 4.58. The average Bonchev–Trinajstić information content (AvgIpc) is 2.53. The fourth-order valence-electron chi connectivity index (χ4n) is 1.33. The molecular formula is C10H12N4O. The highest BCUT2D eigenvalue weighted by atomic mass is 16.3. The van der Waals surface area contributed by atoms with Crippen molar-refractivity contribution < 1.29 is 5.11 Å². The van der Waals surface area contributed by atoms with Gasteiger partial charge in [0.1, 0.15) is 11.6 Å². The number of nitrogen functional groups attached to an aromatic ring is 1. The first-order valence-corrected chi connectivity index (χ1v) is 4.58. The van der Waals surface area contributed by atoms with E-state index in [0.717, 1.165) is 11.4 Å². The van der Waals surface area contributed by atoms with E-state index in [4.69, 9.17) is 10.8 Å². The molecule has 0 aliphatic carbocycles. The van der Waals surface area contributed by atoms with Gasteiger partial charge in [-0.2, -0.15) is 0 Å². The lowest BCUT2D eigenvalue weighted by atomic mass is 10.1. The standard InChI is InChI=1S/C10H12N4O/c1-14-9(12-13-10(14)11)6-7-2-4-8(15)5-3-7/h2-5,15H,6H2,1H3,(H2,11,13). The normalized spacial score (nSPS) is 10.5. The molecule has 1 aromatic carbocycles. The van der Waals surface area contributed by atoms with Crippen LogP contribution in [0.15, 0.2) is 24.3 Å². The molecule has 1 heterocycles. The Morgan fingerprint density at radius 3 is 2.47 bits per heavy atom.